The lowest BCUT2D eigenvalue weighted by Crippen LogP contribution is -2.26. The minimum Gasteiger partial charge on any atom is -0.316 e. The third-order valence-corrected chi connectivity index (χ3v) is 4.48. The number of amides is 2. The van der Waals surface area contributed by atoms with Gasteiger partial charge in [-0.25, -0.2) is 8.78 Å². The van der Waals surface area contributed by atoms with E-state index in [0.29, 0.717) is 6.08 Å². The third-order valence-electron chi connectivity index (χ3n) is 4.48. The topological polar surface area (TPSA) is 144 Å². The highest BCUT2D eigenvalue weighted by Crippen LogP contribution is 2.27. The first-order valence-corrected chi connectivity index (χ1v) is 9.44. The SMILES string of the molecule is O=C(Nc1ccccc1[N+](=O)[O-])C(=Cc1c(F)cccc1F)C(=O)Nc1ccccc1[N+](=O)[O-]. The maximum atomic E-state index is 14.2. The first-order valence-electron chi connectivity index (χ1n) is 9.44. The average molecular weight is 468 g/mol. The Morgan fingerprint density at radius 2 is 1.12 bits per heavy atom. The fourth-order valence-corrected chi connectivity index (χ4v) is 2.88. The van der Waals surface area contributed by atoms with E-state index in [1.54, 1.807) is 0 Å². The van der Waals surface area contributed by atoms with Crippen molar-refractivity contribution in [3.05, 3.63) is 110 Å². The molecule has 0 fully saturated rings. The second-order valence-electron chi connectivity index (χ2n) is 6.65. The van der Waals surface area contributed by atoms with Crippen LogP contribution in [-0.2, 0) is 9.59 Å². The number of benzene rings is 3. The lowest BCUT2D eigenvalue weighted by molar-refractivity contribution is -0.384. The van der Waals surface area contributed by atoms with Gasteiger partial charge in [-0.3, -0.25) is 29.8 Å². The van der Waals surface area contributed by atoms with Crippen LogP contribution < -0.4 is 10.6 Å². The van der Waals surface area contributed by atoms with Crippen molar-refractivity contribution in [2.45, 2.75) is 0 Å². The molecule has 3 aromatic rings. The predicted octanol–water partition coefficient (Wildman–Crippen LogP) is 4.44. The summed E-state index contributed by atoms with van der Waals surface area (Å²) in [5.74, 6) is -4.66. The van der Waals surface area contributed by atoms with Crippen LogP contribution in [0.1, 0.15) is 5.56 Å². The first-order chi connectivity index (χ1) is 16.2. The third kappa shape index (κ3) is 5.24. The molecule has 172 valence electrons. The molecule has 3 rings (SSSR count). The molecule has 0 unspecified atom stereocenters. The minimum absolute atomic E-state index is 0.282. The minimum atomic E-state index is -1.24. The number of carbonyl (C=O) groups is 2. The molecule has 0 bridgehead atoms. The fraction of sp³-hybridized carbons (Fsp3) is 0. The van der Waals surface area contributed by atoms with Crippen molar-refractivity contribution in [2.75, 3.05) is 10.6 Å². The highest BCUT2D eigenvalue weighted by Gasteiger charge is 2.25. The zero-order valence-corrected chi connectivity index (χ0v) is 17.0. The molecule has 0 aliphatic carbocycles. The van der Waals surface area contributed by atoms with Gasteiger partial charge >= 0.3 is 0 Å². The predicted molar refractivity (Wildman–Crippen MR) is 118 cm³/mol. The van der Waals surface area contributed by atoms with Gasteiger partial charge in [0.2, 0.25) is 0 Å². The number of anilines is 2. The second-order valence-corrected chi connectivity index (χ2v) is 6.65. The monoisotopic (exact) mass is 468 g/mol. The van der Waals surface area contributed by atoms with Gasteiger partial charge in [-0.05, 0) is 30.3 Å². The van der Waals surface area contributed by atoms with Gasteiger partial charge in [0, 0.05) is 17.7 Å². The number of nitrogens with zero attached hydrogens (tertiary/aromatic N) is 2. The van der Waals surface area contributed by atoms with Crippen molar-refractivity contribution in [3.63, 3.8) is 0 Å². The standard InChI is InChI=1S/C22H14F2N4O6/c23-15-6-5-7-16(24)13(15)12-14(21(29)25-17-8-1-3-10-19(17)27(31)32)22(30)26-18-9-2-4-11-20(18)28(33)34/h1-12H,(H,25,29)(H,26,30). The molecule has 0 spiro atoms. The van der Waals surface area contributed by atoms with Crippen LogP contribution in [0.5, 0.6) is 0 Å². The summed E-state index contributed by atoms with van der Waals surface area (Å²) in [6, 6.07) is 12.9. The molecule has 0 aliphatic rings. The summed E-state index contributed by atoms with van der Waals surface area (Å²) >= 11 is 0. The Morgan fingerprint density at radius 1 is 0.706 bits per heavy atom. The van der Waals surface area contributed by atoms with E-state index < -0.39 is 55.8 Å². The van der Waals surface area contributed by atoms with Crippen LogP contribution in [0.25, 0.3) is 6.08 Å². The zero-order chi connectivity index (χ0) is 24.8. The Kier molecular flexibility index (Phi) is 7.01. The molecular formula is C22H14F2N4O6. The molecule has 10 nitrogen and oxygen atoms in total. The van der Waals surface area contributed by atoms with Crippen molar-refractivity contribution in [1.82, 2.24) is 0 Å². The molecule has 0 radical (unpaired) electrons. The van der Waals surface area contributed by atoms with E-state index >= 15 is 0 Å². The largest absolute Gasteiger partial charge is 0.316 e. The number of hydrogen-bond donors (Lipinski definition) is 2. The van der Waals surface area contributed by atoms with E-state index in [9.17, 15) is 38.6 Å². The Morgan fingerprint density at radius 3 is 1.53 bits per heavy atom. The molecule has 0 saturated carbocycles. The van der Waals surface area contributed by atoms with Crippen LogP contribution in [0, 0.1) is 31.9 Å². The lowest BCUT2D eigenvalue weighted by Gasteiger charge is -2.11. The molecule has 34 heavy (non-hydrogen) atoms. The van der Waals surface area contributed by atoms with Crippen LogP contribution in [0.4, 0.5) is 31.5 Å². The fourth-order valence-electron chi connectivity index (χ4n) is 2.88. The van der Waals surface area contributed by atoms with Crippen LogP contribution >= 0.6 is 0 Å². The van der Waals surface area contributed by atoms with E-state index in [-0.39, 0.29) is 11.4 Å². The second kappa shape index (κ2) is 10.1. The maximum absolute atomic E-state index is 14.2. The van der Waals surface area contributed by atoms with Crippen LogP contribution in [0.15, 0.2) is 72.3 Å². The van der Waals surface area contributed by atoms with E-state index in [4.69, 9.17) is 0 Å². The molecule has 0 aromatic heterocycles. The van der Waals surface area contributed by atoms with Crippen molar-refractivity contribution in [2.24, 2.45) is 0 Å². The van der Waals surface area contributed by atoms with Gasteiger partial charge in [-0.2, -0.15) is 0 Å². The molecule has 0 saturated heterocycles. The molecule has 0 atom stereocenters. The number of nitro benzene ring substituents is 2. The normalized spacial score (nSPS) is 10.2. The number of carbonyl (C=O) groups excluding carboxylic acids is 2. The summed E-state index contributed by atoms with van der Waals surface area (Å²) in [7, 11) is 0. The Balaban J connectivity index is 2.06. The molecule has 2 amide bonds. The lowest BCUT2D eigenvalue weighted by atomic mass is 10.1. The Labute approximate surface area is 189 Å². The molecule has 0 aliphatic heterocycles. The highest BCUT2D eigenvalue weighted by atomic mass is 19.1. The molecule has 0 heterocycles. The van der Waals surface area contributed by atoms with Gasteiger partial charge in [0.25, 0.3) is 23.2 Å². The van der Waals surface area contributed by atoms with E-state index in [1.165, 1.54) is 36.4 Å². The van der Waals surface area contributed by atoms with Gasteiger partial charge in [-0.15, -0.1) is 0 Å². The summed E-state index contributed by atoms with van der Waals surface area (Å²) in [5.41, 5.74) is -3.14. The van der Waals surface area contributed by atoms with Gasteiger partial charge in [0.1, 0.15) is 28.6 Å². The zero-order valence-electron chi connectivity index (χ0n) is 17.0. The van der Waals surface area contributed by atoms with Crippen LogP contribution in [0.2, 0.25) is 0 Å². The van der Waals surface area contributed by atoms with Crippen molar-refractivity contribution < 1.29 is 28.2 Å². The summed E-state index contributed by atoms with van der Waals surface area (Å²) in [6.45, 7) is 0. The quantitative estimate of drug-likeness (QED) is 0.172. The van der Waals surface area contributed by atoms with Crippen molar-refractivity contribution >= 4 is 40.6 Å². The van der Waals surface area contributed by atoms with Crippen LogP contribution in [0.3, 0.4) is 0 Å². The number of rotatable bonds is 7. The summed E-state index contributed by atoms with van der Waals surface area (Å²) < 4.78 is 28.4. The smallest absolute Gasteiger partial charge is 0.292 e. The van der Waals surface area contributed by atoms with Gasteiger partial charge in [0.15, 0.2) is 0 Å². The molecule has 2 N–H and O–H groups in total. The number of para-hydroxylation sites is 4. The summed E-state index contributed by atoms with van der Waals surface area (Å²) in [6.07, 6.45) is 0.610. The summed E-state index contributed by atoms with van der Waals surface area (Å²) in [5, 5.41) is 26.8. The highest BCUT2D eigenvalue weighted by molar-refractivity contribution is 6.29. The Hall–Kier alpha value is -5.00. The molecule has 12 heteroatoms. The van der Waals surface area contributed by atoms with E-state index in [1.807, 2.05) is 0 Å². The summed E-state index contributed by atoms with van der Waals surface area (Å²) in [4.78, 5) is 46.8. The van der Waals surface area contributed by atoms with Gasteiger partial charge in [0.05, 0.1) is 9.85 Å². The number of halogens is 2. The number of nitrogens with one attached hydrogen (secondary N) is 2. The number of nitro groups is 2. The van der Waals surface area contributed by atoms with Gasteiger partial charge in [-0.1, -0.05) is 30.3 Å². The maximum Gasteiger partial charge on any atom is 0.292 e. The average Bonchev–Trinajstić information content (AvgIpc) is 2.79. The van der Waals surface area contributed by atoms with E-state index in [0.717, 1.165) is 30.3 Å². The molecular weight excluding hydrogens is 454 g/mol. The van der Waals surface area contributed by atoms with Gasteiger partial charge < -0.3 is 10.6 Å². The van der Waals surface area contributed by atoms with Crippen LogP contribution in [-0.4, -0.2) is 21.7 Å². The van der Waals surface area contributed by atoms with Crippen molar-refractivity contribution in [3.8, 4) is 0 Å². The Bertz CT molecular complexity index is 1250. The van der Waals surface area contributed by atoms with Crippen molar-refractivity contribution in [1.29, 1.82) is 0 Å². The number of hydrogen-bond acceptors (Lipinski definition) is 6. The van der Waals surface area contributed by atoms with E-state index in [2.05, 4.69) is 10.6 Å². The molecule has 3 aromatic carbocycles. The first kappa shape index (κ1) is 23.7.